The molecule has 7 heteroatoms. The molecule has 152 valence electrons. The Kier molecular flexibility index (Phi) is 6.24. The van der Waals surface area contributed by atoms with Crippen LogP contribution in [0.3, 0.4) is 0 Å². The lowest BCUT2D eigenvalue weighted by Gasteiger charge is -2.32. The second kappa shape index (κ2) is 9.03. The molecule has 0 bridgehead atoms. The number of ether oxygens (including phenoxy) is 3. The van der Waals surface area contributed by atoms with Crippen LogP contribution in [0.5, 0.6) is 11.5 Å². The molecule has 0 aliphatic carbocycles. The largest absolute Gasteiger partial charge is 0.492 e. The van der Waals surface area contributed by atoms with Gasteiger partial charge in [-0.3, -0.25) is 4.90 Å². The summed E-state index contributed by atoms with van der Waals surface area (Å²) in [6, 6.07) is 3.99. The summed E-state index contributed by atoms with van der Waals surface area (Å²) < 4.78 is 17.9. The summed E-state index contributed by atoms with van der Waals surface area (Å²) in [4.78, 5) is 13.6. The van der Waals surface area contributed by atoms with Crippen molar-refractivity contribution in [3.05, 3.63) is 24.2 Å². The minimum atomic E-state index is 0.164. The van der Waals surface area contributed by atoms with Crippen molar-refractivity contribution in [2.24, 2.45) is 0 Å². The van der Waals surface area contributed by atoms with E-state index in [1.165, 1.54) is 0 Å². The van der Waals surface area contributed by atoms with Crippen LogP contribution in [0.25, 0.3) is 10.9 Å². The van der Waals surface area contributed by atoms with Crippen LogP contribution < -0.4 is 9.47 Å². The average molecular weight is 386 g/mol. The molecule has 2 aliphatic heterocycles. The first-order chi connectivity index (χ1) is 13.7. The Labute approximate surface area is 166 Å². The van der Waals surface area contributed by atoms with Crippen molar-refractivity contribution in [1.82, 2.24) is 19.8 Å². The summed E-state index contributed by atoms with van der Waals surface area (Å²) >= 11 is 0. The fourth-order valence-corrected chi connectivity index (χ4v) is 3.80. The topological polar surface area (TPSA) is 60.0 Å². The SMILES string of the molecule is Cc1ncnc2cc(OCCN3CCN(C)CC3)cc(OC3CCOCC3)c12. The Morgan fingerprint density at radius 1 is 1.11 bits per heavy atom. The molecule has 28 heavy (non-hydrogen) atoms. The first kappa shape index (κ1) is 19.4. The zero-order chi connectivity index (χ0) is 19.3. The van der Waals surface area contributed by atoms with Gasteiger partial charge in [0, 0.05) is 57.7 Å². The number of nitrogens with zero attached hydrogens (tertiary/aromatic N) is 4. The molecule has 0 unspecified atom stereocenters. The highest BCUT2D eigenvalue weighted by Crippen LogP contribution is 2.33. The van der Waals surface area contributed by atoms with Gasteiger partial charge in [0.2, 0.25) is 0 Å². The van der Waals surface area contributed by atoms with Crippen molar-refractivity contribution in [2.75, 3.05) is 59.6 Å². The van der Waals surface area contributed by atoms with E-state index in [1.54, 1.807) is 6.33 Å². The molecular formula is C21H30N4O3. The standard InChI is InChI=1S/C21H30N4O3/c1-16-21-19(23-15-22-16)13-18(14-20(21)28-17-3-10-26-11-4-17)27-12-9-25-7-5-24(2)6-8-25/h13-15,17H,3-12H2,1-2H3. The van der Waals surface area contributed by atoms with E-state index in [2.05, 4.69) is 26.8 Å². The quantitative estimate of drug-likeness (QED) is 0.754. The molecule has 2 aliphatic rings. The van der Waals surface area contributed by atoms with E-state index < -0.39 is 0 Å². The third-order valence-corrected chi connectivity index (χ3v) is 5.60. The van der Waals surface area contributed by atoms with Gasteiger partial charge in [-0.2, -0.15) is 0 Å². The smallest absolute Gasteiger partial charge is 0.134 e. The van der Waals surface area contributed by atoms with E-state index in [0.717, 1.165) is 86.9 Å². The monoisotopic (exact) mass is 386 g/mol. The Morgan fingerprint density at radius 3 is 2.68 bits per heavy atom. The summed E-state index contributed by atoms with van der Waals surface area (Å²) in [5, 5.41) is 0.973. The molecule has 0 amide bonds. The van der Waals surface area contributed by atoms with Crippen molar-refractivity contribution in [2.45, 2.75) is 25.9 Å². The van der Waals surface area contributed by atoms with Gasteiger partial charge < -0.3 is 19.1 Å². The van der Waals surface area contributed by atoms with Crippen LogP contribution in [0.1, 0.15) is 18.5 Å². The highest BCUT2D eigenvalue weighted by Gasteiger charge is 2.19. The zero-order valence-corrected chi connectivity index (χ0v) is 16.9. The van der Waals surface area contributed by atoms with Gasteiger partial charge in [-0.05, 0) is 14.0 Å². The summed E-state index contributed by atoms with van der Waals surface area (Å²) in [7, 11) is 2.17. The van der Waals surface area contributed by atoms with Crippen LogP contribution in [0.4, 0.5) is 0 Å². The van der Waals surface area contributed by atoms with Crippen molar-refractivity contribution in [3.8, 4) is 11.5 Å². The molecule has 2 saturated heterocycles. The van der Waals surface area contributed by atoms with Crippen LogP contribution in [0.2, 0.25) is 0 Å². The molecule has 2 fully saturated rings. The highest BCUT2D eigenvalue weighted by atomic mass is 16.5. The number of likely N-dealkylation sites (N-methyl/N-ethyl adjacent to an activating group) is 1. The van der Waals surface area contributed by atoms with Gasteiger partial charge >= 0.3 is 0 Å². The van der Waals surface area contributed by atoms with Gasteiger partial charge in [0.05, 0.1) is 29.8 Å². The number of aromatic nitrogens is 2. The molecule has 2 aromatic rings. The van der Waals surface area contributed by atoms with Crippen molar-refractivity contribution >= 4 is 10.9 Å². The molecule has 4 rings (SSSR count). The number of hydrogen-bond donors (Lipinski definition) is 0. The molecule has 0 saturated carbocycles. The predicted molar refractivity (Wildman–Crippen MR) is 108 cm³/mol. The minimum Gasteiger partial charge on any atom is -0.492 e. The lowest BCUT2D eigenvalue weighted by atomic mass is 10.1. The highest BCUT2D eigenvalue weighted by molar-refractivity contribution is 5.88. The van der Waals surface area contributed by atoms with Gasteiger partial charge in [0.25, 0.3) is 0 Å². The maximum Gasteiger partial charge on any atom is 0.134 e. The lowest BCUT2D eigenvalue weighted by Crippen LogP contribution is -2.45. The second-order valence-electron chi connectivity index (χ2n) is 7.70. The molecule has 0 N–H and O–H groups in total. The fourth-order valence-electron chi connectivity index (χ4n) is 3.80. The Balaban J connectivity index is 1.47. The maximum atomic E-state index is 6.34. The summed E-state index contributed by atoms with van der Waals surface area (Å²) in [6.07, 6.45) is 3.58. The maximum absolute atomic E-state index is 6.34. The Morgan fingerprint density at radius 2 is 1.89 bits per heavy atom. The van der Waals surface area contributed by atoms with E-state index in [4.69, 9.17) is 14.2 Å². The van der Waals surface area contributed by atoms with E-state index >= 15 is 0 Å². The Hall–Kier alpha value is -1.96. The lowest BCUT2D eigenvalue weighted by molar-refractivity contribution is 0.0261. The number of hydrogen-bond acceptors (Lipinski definition) is 7. The molecule has 0 spiro atoms. The van der Waals surface area contributed by atoms with Crippen molar-refractivity contribution in [1.29, 1.82) is 0 Å². The Bertz CT molecular complexity index is 787. The molecule has 0 atom stereocenters. The van der Waals surface area contributed by atoms with Crippen molar-refractivity contribution < 1.29 is 14.2 Å². The van der Waals surface area contributed by atoms with Gasteiger partial charge in [0.1, 0.15) is 30.5 Å². The van der Waals surface area contributed by atoms with Crippen LogP contribution in [-0.2, 0) is 4.74 Å². The van der Waals surface area contributed by atoms with Crippen molar-refractivity contribution in [3.63, 3.8) is 0 Å². The summed E-state index contributed by atoms with van der Waals surface area (Å²) in [6.45, 7) is 9.53. The van der Waals surface area contributed by atoms with Gasteiger partial charge in [0.15, 0.2) is 0 Å². The number of fused-ring (bicyclic) bond motifs is 1. The van der Waals surface area contributed by atoms with Crippen LogP contribution >= 0.6 is 0 Å². The zero-order valence-electron chi connectivity index (χ0n) is 16.9. The fraction of sp³-hybridized carbons (Fsp3) is 0.619. The molecular weight excluding hydrogens is 356 g/mol. The molecule has 3 heterocycles. The number of rotatable bonds is 6. The van der Waals surface area contributed by atoms with Gasteiger partial charge in [-0.1, -0.05) is 0 Å². The van der Waals surface area contributed by atoms with E-state index in [9.17, 15) is 0 Å². The normalized spacial score (nSPS) is 19.8. The van der Waals surface area contributed by atoms with Gasteiger partial charge in [-0.15, -0.1) is 0 Å². The number of piperazine rings is 1. The third-order valence-electron chi connectivity index (χ3n) is 5.60. The van der Waals surface area contributed by atoms with Crippen LogP contribution in [0, 0.1) is 6.92 Å². The molecule has 7 nitrogen and oxygen atoms in total. The first-order valence-corrected chi connectivity index (χ1v) is 10.2. The van der Waals surface area contributed by atoms with E-state index in [0.29, 0.717) is 6.61 Å². The number of aryl methyl sites for hydroxylation is 1. The second-order valence-corrected chi connectivity index (χ2v) is 7.70. The predicted octanol–water partition coefficient (Wildman–Crippen LogP) is 2.12. The summed E-state index contributed by atoms with van der Waals surface area (Å²) in [5.74, 6) is 1.62. The van der Waals surface area contributed by atoms with Gasteiger partial charge in [-0.25, -0.2) is 9.97 Å². The van der Waals surface area contributed by atoms with Crippen LogP contribution in [-0.4, -0.2) is 85.5 Å². The minimum absolute atomic E-state index is 0.164. The molecule has 1 aromatic heterocycles. The third kappa shape index (κ3) is 4.71. The van der Waals surface area contributed by atoms with E-state index in [1.807, 2.05) is 19.1 Å². The van der Waals surface area contributed by atoms with Crippen LogP contribution in [0.15, 0.2) is 18.5 Å². The summed E-state index contributed by atoms with van der Waals surface area (Å²) in [5.41, 5.74) is 1.79. The molecule has 0 radical (unpaired) electrons. The van der Waals surface area contributed by atoms with E-state index in [-0.39, 0.29) is 6.10 Å². The average Bonchev–Trinajstić information content (AvgIpc) is 2.70. The number of benzene rings is 1. The molecule has 1 aromatic carbocycles. The first-order valence-electron chi connectivity index (χ1n) is 10.2.